The first-order valence-corrected chi connectivity index (χ1v) is 7.65. The van der Waals surface area contributed by atoms with Gasteiger partial charge >= 0.3 is 0 Å². The molecule has 7 nitrogen and oxygen atoms in total. The van der Waals surface area contributed by atoms with Crippen LogP contribution in [0.2, 0.25) is 0 Å². The fourth-order valence-corrected chi connectivity index (χ4v) is 2.12. The molecule has 0 radical (unpaired) electrons. The van der Waals surface area contributed by atoms with Gasteiger partial charge < -0.3 is 9.88 Å². The Morgan fingerprint density at radius 2 is 1.95 bits per heavy atom. The summed E-state index contributed by atoms with van der Waals surface area (Å²) in [6.07, 6.45) is 2.82. The second-order valence-corrected chi connectivity index (χ2v) is 6.37. The van der Waals surface area contributed by atoms with E-state index >= 15 is 0 Å². The fraction of sp³-hybridized carbons (Fsp3) is 0.250. The van der Waals surface area contributed by atoms with Gasteiger partial charge in [0.15, 0.2) is 20.7 Å². The summed E-state index contributed by atoms with van der Waals surface area (Å²) < 4.78 is 24.3. The monoisotopic (exact) mass is 294 g/mol. The molecule has 0 bridgehead atoms. The van der Waals surface area contributed by atoms with Gasteiger partial charge in [-0.3, -0.25) is 4.79 Å². The lowest BCUT2D eigenvalue weighted by Crippen LogP contribution is -2.15. The minimum atomic E-state index is -3.39. The number of nitrogens with zero attached hydrogens (tertiary/aromatic N) is 3. The molecule has 0 fully saturated rings. The van der Waals surface area contributed by atoms with Gasteiger partial charge in [0, 0.05) is 25.2 Å². The van der Waals surface area contributed by atoms with Crippen molar-refractivity contribution in [2.24, 2.45) is 7.05 Å². The van der Waals surface area contributed by atoms with E-state index in [0.717, 1.165) is 11.9 Å². The maximum Gasteiger partial charge on any atom is 0.258 e. The molecule has 0 aromatic carbocycles. The molecule has 0 spiro atoms. The second kappa shape index (κ2) is 5.04. The van der Waals surface area contributed by atoms with Gasteiger partial charge in [0.25, 0.3) is 5.91 Å². The summed E-state index contributed by atoms with van der Waals surface area (Å²) >= 11 is 0. The Bertz CT molecular complexity index is 748. The summed E-state index contributed by atoms with van der Waals surface area (Å²) in [5.41, 5.74) is 1.35. The fourth-order valence-electron chi connectivity index (χ4n) is 1.62. The minimum absolute atomic E-state index is 0.133. The third-order valence-electron chi connectivity index (χ3n) is 2.89. The molecule has 20 heavy (non-hydrogen) atoms. The van der Waals surface area contributed by atoms with Gasteiger partial charge in [-0.2, -0.15) is 0 Å². The van der Waals surface area contributed by atoms with E-state index in [2.05, 4.69) is 15.5 Å². The SMILES string of the molecule is Cc1c(C(=O)Nc2ccc(S(C)(=O)=O)nn2)ccn1C. The highest BCUT2D eigenvalue weighted by Crippen LogP contribution is 2.12. The highest BCUT2D eigenvalue weighted by molar-refractivity contribution is 7.90. The van der Waals surface area contributed by atoms with Gasteiger partial charge in [-0.05, 0) is 25.1 Å². The van der Waals surface area contributed by atoms with Crippen molar-refractivity contribution in [1.82, 2.24) is 14.8 Å². The Balaban J connectivity index is 2.19. The van der Waals surface area contributed by atoms with Gasteiger partial charge in [0.1, 0.15) is 0 Å². The lowest BCUT2D eigenvalue weighted by atomic mass is 10.2. The number of amides is 1. The predicted molar refractivity (Wildman–Crippen MR) is 73.2 cm³/mol. The number of sulfone groups is 1. The molecule has 0 saturated carbocycles. The average molecular weight is 294 g/mol. The first-order chi connectivity index (χ1) is 9.29. The van der Waals surface area contributed by atoms with E-state index in [4.69, 9.17) is 0 Å². The van der Waals surface area contributed by atoms with Crippen LogP contribution in [0.1, 0.15) is 16.1 Å². The highest BCUT2D eigenvalue weighted by atomic mass is 32.2. The highest BCUT2D eigenvalue weighted by Gasteiger charge is 2.14. The zero-order valence-corrected chi connectivity index (χ0v) is 12.1. The number of carbonyl (C=O) groups excluding carboxylic acids is 1. The molecular weight excluding hydrogens is 280 g/mol. The largest absolute Gasteiger partial charge is 0.354 e. The molecule has 1 N–H and O–H groups in total. The van der Waals surface area contributed by atoms with Crippen molar-refractivity contribution in [2.75, 3.05) is 11.6 Å². The number of aryl methyl sites for hydroxylation is 1. The van der Waals surface area contributed by atoms with Gasteiger partial charge in [-0.15, -0.1) is 10.2 Å². The Labute approximate surface area is 116 Å². The molecule has 0 aliphatic rings. The van der Waals surface area contributed by atoms with Crippen molar-refractivity contribution in [1.29, 1.82) is 0 Å². The van der Waals surface area contributed by atoms with Crippen LogP contribution in [0.5, 0.6) is 0 Å². The van der Waals surface area contributed by atoms with E-state index in [0.29, 0.717) is 5.56 Å². The lowest BCUT2D eigenvalue weighted by molar-refractivity contribution is 0.102. The summed E-state index contributed by atoms with van der Waals surface area (Å²) in [4.78, 5) is 12.0. The zero-order chi connectivity index (χ0) is 14.9. The number of hydrogen-bond acceptors (Lipinski definition) is 5. The average Bonchev–Trinajstić information content (AvgIpc) is 2.69. The molecule has 2 heterocycles. The van der Waals surface area contributed by atoms with Crippen LogP contribution >= 0.6 is 0 Å². The number of anilines is 1. The van der Waals surface area contributed by atoms with Gasteiger partial charge in [0.05, 0.1) is 5.56 Å². The molecule has 0 aliphatic carbocycles. The molecule has 2 rings (SSSR count). The van der Waals surface area contributed by atoms with Gasteiger partial charge in [0.2, 0.25) is 0 Å². The summed E-state index contributed by atoms with van der Waals surface area (Å²) in [7, 11) is -1.55. The molecule has 1 amide bonds. The van der Waals surface area contributed by atoms with Crippen LogP contribution in [0.25, 0.3) is 0 Å². The minimum Gasteiger partial charge on any atom is -0.354 e. The summed E-state index contributed by atoms with van der Waals surface area (Å²) in [5.74, 6) is -0.116. The van der Waals surface area contributed by atoms with Crippen molar-refractivity contribution in [2.45, 2.75) is 11.9 Å². The van der Waals surface area contributed by atoms with Gasteiger partial charge in [-0.25, -0.2) is 8.42 Å². The first kappa shape index (κ1) is 14.2. The van der Waals surface area contributed by atoms with Crippen LogP contribution in [-0.4, -0.2) is 35.3 Å². The molecule has 106 valence electrons. The maximum atomic E-state index is 12.0. The molecule has 0 unspecified atom stereocenters. The van der Waals surface area contributed by atoms with Crippen molar-refractivity contribution in [3.05, 3.63) is 35.7 Å². The topological polar surface area (TPSA) is 93.9 Å². The summed E-state index contributed by atoms with van der Waals surface area (Å²) in [6.45, 7) is 1.83. The summed E-state index contributed by atoms with van der Waals surface area (Å²) in [5, 5.41) is 9.68. The van der Waals surface area contributed by atoms with E-state index < -0.39 is 9.84 Å². The van der Waals surface area contributed by atoms with Crippen molar-refractivity contribution < 1.29 is 13.2 Å². The number of aromatic nitrogens is 3. The Hall–Kier alpha value is -2.22. The van der Waals surface area contributed by atoms with Crippen LogP contribution in [0, 0.1) is 6.92 Å². The Kier molecular flexibility index (Phi) is 3.58. The van der Waals surface area contributed by atoms with Crippen molar-refractivity contribution >= 4 is 21.6 Å². The second-order valence-electron chi connectivity index (χ2n) is 4.41. The molecule has 0 aliphatic heterocycles. The number of rotatable bonds is 3. The van der Waals surface area contributed by atoms with Crippen LogP contribution < -0.4 is 5.32 Å². The van der Waals surface area contributed by atoms with E-state index in [-0.39, 0.29) is 16.8 Å². The molecular formula is C12H14N4O3S. The van der Waals surface area contributed by atoms with Gasteiger partial charge in [-0.1, -0.05) is 0 Å². The number of carbonyl (C=O) groups is 1. The molecule has 0 saturated heterocycles. The third kappa shape index (κ3) is 2.85. The summed E-state index contributed by atoms with van der Waals surface area (Å²) in [6, 6.07) is 4.40. The third-order valence-corrected chi connectivity index (χ3v) is 3.87. The first-order valence-electron chi connectivity index (χ1n) is 5.76. The molecule has 0 atom stereocenters. The number of hydrogen-bond donors (Lipinski definition) is 1. The normalized spacial score (nSPS) is 11.3. The number of nitrogens with one attached hydrogen (secondary N) is 1. The van der Waals surface area contributed by atoms with Crippen molar-refractivity contribution in [3.63, 3.8) is 0 Å². The Morgan fingerprint density at radius 3 is 2.40 bits per heavy atom. The van der Waals surface area contributed by atoms with E-state index in [1.165, 1.54) is 12.1 Å². The Morgan fingerprint density at radius 1 is 1.25 bits per heavy atom. The van der Waals surface area contributed by atoms with E-state index in [1.807, 2.05) is 18.5 Å². The smallest absolute Gasteiger partial charge is 0.258 e. The molecule has 2 aromatic heterocycles. The van der Waals surface area contributed by atoms with Crippen LogP contribution in [0.3, 0.4) is 0 Å². The van der Waals surface area contributed by atoms with Crippen LogP contribution in [0.4, 0.5) is 5.82 Å². The van der Waals surface area contributed by atoms with Crippen molar-refractivity contribution in [3.8, 4) is 0 Å². The standard InChI is InChI=1S/C12H14N4O3S/c1-8-9(6-7-16(8)2)12(17)13-10-4-5-11(15-14-10)20(3,18)19/h4-7H,1-3H3,(H,13,14,17). The van der Waals surface area contributed by atoms with E-state index in [9.17, 15) is 13.2 Å². The van der Waals surface area contributed by atoms with Crippen LogP contribution in [0.15, 0.2) is 29.4 Å². The van der Waals surface area contributed by atoms with Crippen LogP contribution in [-0.2, 0) is 16.9 Å². The lowest BCUT2D eigenvalue weighted by Gasteiger charge is -2.04. The van der Waals surface area contributed by atoms with E-state index in [1.54, 1.807) is 12.3 Å². The molecule has 8 heteroatoms. The zero-order valence-electron chi connectivity index (χ0n) is 11.3. The molecule has 2 aromatic rings. The quantitative estimate of drug-likeness (QED) is 0.902. The maximum absolute atomic E-state index is 12.0. The predicted octanol–water partition coefficient (Wildman–Crippen LogP) is 0.779.